The largest absolute Gasteiger partial charge is 0.495 e. The Morgan fingerprint density at radius 3 is 2.51 bits per heavy atom. The minimum absolute atomic E-state index is 0.0578. The summed E-state index contributed by atoms with van der Waals surface area (Å²) in [7, 11) is 1.52. The number of rotatable bonds is 8. The number of hydrogen-bond donors (Lipinski definition) is 2. The number of hydrogen-bond acceptors (Lipinski definition) is 7. The Labute approximate surface area is 229 Å². The molecule has 0 aliphatic carbocycles. The molecule has 4 aromatic rings. The number of nitrogens with zero attached hydrogens (tertiary/aromatic N) is 3. The molecule has 2 heterocycles. The van der Waals surface area contributed by atoms with Gasteiger partial charge < -0.3 is 15.4 Å². The number of para-hydroxylation sites is 2. The van der Waals surface area contributed by atoms with Crippen molar-refractivity contribution in [3.8, 4) is 5.75 Å². The second-order valence-electron chi connectivity index (χ2n) is 8.98. The lowest BCUT2D eigenvalue weighted by Gasteiger charge is -2.29. The molecule has 1 aromatic heterocycles. The van der Waals surface area contributed by atoms with Crippen LogP contribution >= 0.6 is 11.8 Å². The highest BCUT2D eigenvalue weighted by Gasteiger charge is 2.36. The van der Waals surface area contributed by atoms with Crippen LogP contribution in [0.5, 0.6) is 5.75 Å². The summed E-state index contributed by atoms with van der Waals surface area (Å²) in [5.41, 5.74) is 3.20. The Balaban J connectivity index is 1.47. The van der Waals surface area contributed by atoms with E-state index >= 15 is 4.39 Å². The molecule has 0 radical (unpaired) electrons. The number of aromatic nitrogens is 3. The van der Waals surface area contributed by atoms with Crippen molar-refractivity contribution in [3.05, 3.63) is 107 Å². The SMILES string of the molecule is COc1ccccc1NC(=O)C1=C(C)Nc2nc(SCC(=O)c3ccc(C)cc3)nn2[C@H]1c1ccccc1F. The maximum absolute atomic E-state index is 15.1. The summed E-state index contributed by atoms with van der Waals surface area (Å²) in [6.07, 6.45) is 0. The van der Waals surface area contributed by atoms with Crippen LogP contribution in [0.3, 0.4) is 0 Å². The third-order valence-corrected chi connectivity index (χ3v) is 7.18. The number of ether oxygens (including phenoxy) is 1. The number of halogens is 1. The minimum atomic E-state index is -0.896. The van der Waals surface area contributed by atoms with Crippen LogP contribution in [0.2, 0.25) is 0 Å². The summed E-state index contributed by atoms with van der Waals surface area (Å²) in [6.45, 7) is 3.69. The summed E-state index contributed by atoms with van der Waals surface area (Å²) in [6, 6.07) is 19.8. The molecule has 2 N–H and O–H groups in total. The zero-order valence-electron chi connectivity index (χ0n) is 21.6. The van der Waals surface area contributed by atoms with Crippen molar-refractivity contribution in [2.24, 2.45) is 0 Å². The number of ketones is 1. The van der Waals surface area contributed by atoms with E-state index in [0.29, 0.717) is 33.8 Å². The van der Waals surface area contributed by atoms with Gasteiger partial charge >= 0.3 is 0 Å². The Bertz CT molecular complexity index is 1580. The number of Topliss-reactive ketones (excluding diaryl/α,β-unsaturated/α-hetero) is 1. The molecule has 1 amide bonds. The Morgan fingerprint density at radius 1 is 1.05 bits per heavy atom. The molecule has 1 atom stereocenters. The molecule has 1 aliphatic heterocycles. The van der Waals surface area contributed by atoms with Crippen molar-refractivity contribution >= 4 is 35.1 Å². The number of thioether (sulfide) groups is 1. The first-order chi connectivity index (χ1) is 18.9. The molecule has 0 spiro atoms. The molecule has 0 unspecified atom stereocenters. The smallest absolute Gasteiger partial charge is 0.255 e. The summed E-state index contributed by atoms with van der Waals surface area (Å²) in [5.74, 6) is -0.0106. The fourth-order valence-electron chi connectivity index (χ4n) is 4.36. The van der Waals surface area contributed by atoms with Gasteiger partial charge in [0.05, 0.1) is 24.1 Å². The molecule has 0 bridgehead atoms. The Kier molecular flexibility index (Phi) is 7.47. The highest BCUT2D eigenvalue weighted by Crippen LogP contribution is 2.38. The van der Waals surface area contributed by atoms with E-state index in [2.05, 4.69) is 20.7 Å². The first-order valence-corrected chi connectivity index (χ1v) is 13.2. The van der Waals surface area contributed by atoms with E-state index in [0.717, 1.165) is 5.56 Å². The van der Waals surface area contributed by atoms with Crippen LogP contribution in [0.15, 0.2) is 89.2 Å². The quantitative estimate of drug-likeness (QED) is 0.219. The van der Waals surface area contributed by atoms with E-state index in [9.17, 15) is 9.59 Å². The van der Waals surface area contributed by atoms with E-state index in [-0.39, 0.29) is 22.7 Å². The van der Waals surface area contributed by atoms with Gasteiger partial charge in [-0.15, -0.1) is 5.10 Å². The van der Waals surface area contributed by atoms with E-state index in [1.54, 1.807) is 61.5 Å². The number of anilines is 2. The number of methoxy groups -OCH3 is 1. The van der Waals surface area contributed by atoms with E-state index < -0.39 is 17.8 Å². The molecule has 198 valence electrons. The Morgan fingerprint density at radius 2 is 1.77 bits per heavy atom. The lowest BCUT2D eigenvalue weighted by molar-refractivity contribution is -0.113. The highest BCUT2D eigenvalue weighted by atomic mass is 32.2. The van der Waals surface area contributed by atoms with Crippen LogP contribution in [0.1, 0.15) is 34.5 Å². The molecule has 8 nitrogen and oxygen atoms in total. The topological polar surface area (TPSA) is 98.1 Å². The van der Waals surface area contributed by atoms with Gasteiger partial charge in [0.25, 0.3) is 5.91 Å². The fraction of sp³-hybridized carbons (Fsp3) is 0.172. The third-order valence-electron chi connectivity index (χ3n) is 6.34. The maximum atomic E-state index is 15.1. The number of aryl methyl sites for hydroxylation is 1. The van der Waals surface area contributed by atoms with Gasteiger partial charge in [-0.2, -0.15) is 4.98 Å². The summed E-state index contributed by atoms with van der Waals surface area (Å²) in [4.78, 5) is 30.9. The second-order valence-corrected chi connectivity index (χ2v) is 9.93. The summed E-state index contributed by atoms with van der Waals surface area (Å²) >= 11 is 1.18. The predicted octanol–water partition coefficient (Wildman–Crippen LogP) is 5.64. The summed E-state index contributed by atoms with van der Waals surface area (Å²) < 4.78 is 22.0. The van der Waals surface area contributed by atoms with Crippen LogP contribution in [-0.4, -0.2) is 39.3 Å². The summed E-state index contributed by atoms with van der Waals surface area (Å²) in [5, 5.41) is 10.9. The van der Waals surface area contributed by atoms with Crippen LogP contribution in [-0.2, 0) is 4.79 Å². The molecular weight excluding hydrogens is 517 g/mol. The fourth-order valence-corrected chi connectivity index (χ4v) is 5.09. The van der Waals surface area contributed by atoms with Crippen LogP contribution in [0.25, 0.3) is 0 Å². The monoisotopic (exact) mass is 543 g/mol. The Hall–Kier alpha value is -4.44. The van der Waals surface area contributed by atoms with Crippen molar-refractivity contribution in [2.75, 3.05) is 23.5 Å². The number of carbonyl (C=O) groups is 2. The number of nitrogens with one attached hydrogen (secondary N) is 2. The van der Waals surface area contributed by atoms with Crippen LogP contribution < -0.4 is 15.4 Å². The van der Waals surface area contributed by atoms with Crippen molar-refractivity contribution in [1.29, 1.82) is 0 Å². The maximum Gasteiger partial charge on any atom is 0.255 e. The van der Waals surface area contributed by atoms with Crippen molar-refractivity contribution in [2.45, 2.75) is 25.0 Å². The molecule has 10 heteroatoms. The van der Waals surface area contributed by atoms with Crippen molar-refractivity contribution in [1.82, 2.24) is 14.8 Å². The molecule has 0 saturated carbocycles. The molecule has 1 aliphatic rings. The van der Waals surface area contributed by atoms with Gasteiger partial charge in [-0.1, -0.05) is 71.9 Å². The molecule has 39 heavy (non-hydrogen) atoms. The average Bonchev–Trinajstić information content (AvgIpc) is 3.34. The van der Waals surface area contributed by atoms with E-state index in [1.165, 1.54) is 29.6 Å². The first-order valence-electron chi connectivity index (χ1n) is 12.2. The number of fused-ring (bicyclic) bond motifs is 1. The van der Waals surface area contributed by atoms with Gasteiger partial charge in [-0.05, 0) is 32.0 Å². The van der Waals surface area contributed by atoms with Crippen LogP contribution in [0, 0.1) is 12.7 Å². The normalized spacial score (nSPS) is 14.4. The third kappa shape index (κ3) is 5.42. The van der Waals surface area contributed by atoms with Crippen LogP contribution in [0.4, 0.5) is 16.0 Å². The van der Waals surface area contributed by atoms with Gasteiger partial charge in [-0.3, -0.25) is 9.59 Å². The lowest BCUT2D eigenvalue weighted by Crippen LogP contribution is -2.32. The number of amides is 1. The number of allylic oxidation sites excluding steroid dienone is 1. The second kappa shape index (κ2) is 11.1. The molecule has 5 rings (SSSR count). The van der Waals surface area contributed by atoms with Crippen molar-refractivity contribution < 1.29 is 18.7 Å². The van der Waals surface area contributed by atoms with Gasteiger partial charge in [0.1, 0.15) is 17.6 Å². The molecular formula is C29H26FN5O3S. The molecule has 3 aromatic carbocycles. The lowest BCUT2D eigenvalue weighted by atomic mass is 9.94. The van der Waals surface area contributed by atoms with Crippen molar-refractivity contribution in [3.63, 3.8) is 0 Å². The standard InChI is InChI=1S/C29H26FN5O3S/c1-17-12-14-19(15-13-17)23(36)16-39-29-33-28-31-18(2)25(27(37)32-22-10-6-7-11-24(22)38-3)26(35(28)34-29)20-8-4-5-9-21(20)30/h4-15,26H,16H2,1-3H3,(H,32,37)(H,31,33,34)/t26-/m0/s1. The van der Waals surface area contributed by atoms with Gasteiger partial charge in [0.15, 0.2) is 5.78 Å². The highest BCUT2D eigenvalue weighted by molar-refractivity contribution is 7.99. The van der Waals surface area contributed by atoms with E-state index in [4.69, 9.17) is 4.74 Å². The zero-order valence-corrected chi connectivity index (χ0v) is 22.4. The molecule has 0 fully saturated rings. The van der Waals surface area contributed by atoms with Gasteiger partial charge in [0.2, 0.25) is 11.1 Å². The molecule has 0 saturated heterocycles. The number of benzene rings is 3. The van der Waals surface area contributed by atoms with Gasteiger partial charge in [-0.25, -0.2) is 9.07 Å². The van der Waals surface area contributed by atoms with Gasteiger partial charge in [0, 0.05) is 16.8 Å². The predicted molar refractivity (Wildman–Crippen MR) is 149 cm³/mol. The average molecular weight is 544 g/mol. The zero-order chi connectivity index (χ0) is 27.5. The minimum Gasteiger partial charge on any atom is -0.495 e. The first kappa shape index (κ1) is 26.2. The number of carbonyl (C=O) groups excluding carboxylic acids is 2. The van der Waals surface area contributed by atoms with E-state index in [1.807, 2.05) is 19.1 Å².